The second-order valence-corrected chi connectivity index (χ2v) is 11.4. The van der Waals surface area contributed by atoms with Crippen molar-refractivity contribution >= 4 is 9.84 Å². The second kappa shape index (κ2) is 10.9. The summed E-state index contributed by atoms with van der Waals surface area (Å²) in [7, 11) is -3.18. The van der Waals surface area contributed by atoms with Gasteiger partial charge in [0.25, 0.3) is 0 Å². The zero-order valence-corrected chi connectivity index (χ0v) is 21.0. The smallest absolute Gasteiger partial charge is 0.175 e. The normalized spacial score (nSPS) is 17.5. The fourth-order valence-corrected chi connectivity index (χ4v) is 5.39. The Bertz CT molecular complexity index is 1220. The molecule has 0 spiro atoms. The van der Waals surface area contributed by atoms with Crippen LogP contribution in [0.4, 0.5) is 0 Å². The van der Waals surface area contributed by atoms with Crippen molar-refractivity contribution in [2.24, 2.45) is 0 Å². The maximum absolute atomic E-state index is 11.8. The number of hydrogen-bond acceptors (Lipinski definition) is 6. The Balaban J connectivity index is 1.39. The Labute approximate surface area is 208 Å². The van der Waals surface area contributed by atoms with Crippen LogP contribution in [0.1, 0.15) is 29.5 Å². The van der Waals surface area contributed by atoms with Gasteiger partial charge in [0.15, 0.2) is 9.84 Å². The molecular weight excluding hydrogens is 460 g/mol. The number of phenolic OH excluding ortho intramolecular Hbond substituents is 1. The van der Waals surface area contributed by atoms with Crippen molar-refractivity contribution < 1.29 is 18.6 Å². The van der Waals surface area contributed by atoms with Crippen LogP contribution in [0.2, 0.25) is 0 Å². The van der Waals surface area contributed by atoms with E-state index in [1.54, 1.807) is 30.3 Å². The molecule has 0 bridgehead atoms. The average Bonchev–Trinajstić information content (AvgIpc) is 3.08. The summed E-state index contributed by atoms with van der Waals surface area (Å²) in [6.45, 7) is 5.25. The summed E-state index contributed by atoms with van der Waals surface area (Å²) in [4.78, 5) is 5.14. The van der Waals surface area contributed by atoms with E-state index >= 15 is 0 Å². The van der Waals surface area contributed by atoms with Gasteiger partial charge in [-0.15, -0.1) is 0 Å². The van der Waals surface area contributed by atoms with Gasteiger partial charge >= 0.3 is 0 Å². The quantitative estimate of drug-likeness (QED) is 0.498. The zero-order chi connectivity index (χ0) is 24.9. The van der Waals surface area contributed by atoms with Crippen LogP contribution in [-0.4, -0.2) is 67.4 Å². The van der Waals surface area contributed by atoms with Gasteiger partial charge in [0, 0.05) is 32.4 Å². The van der Waals surface area contributed by atoms with Crippen molar-refractivity contribution in [2.45, 2.75) is 29.9 Å². The highest BCUT2D eigenvalue weighted by Crippen LogP contribution is 2.34. The van der Waals surface area contributed by atoms with Gasteiger partial charge in [-0.25, -0.2) is 8.42 Å². The fraction of sp³-hybridized carbons (Fsp3) is 0.357. The van der Waals surface area contributed by atoms with E-state index in [0.29, 0.717) is 16.9 Å². The highest BCUT2D eigenvalue weighted by atomic mass is 32.2. The molecule has 0 saturated carbocycles. The molecule has 0 amide bonds. The van der Waals surface area contributed by atoms with Gasteiger partial charge in [0.1, 0.15) is 11.4 Å². The van der Waals surface area contributed by atoms with Crippen LogP contribution in [0.25, 0.3) is 0 Å². The highest BCUT2D eigenvalue weighted by Gasteiger charge is 2.32. The molecule has 3 aromatic rings. The first-order chi connectivity index (χ1) is 16.7. The fourth-order valence-electron chi connectivity index (χ4n) is 4.76. The van der Waals surface area contributed by atoms with Crippen molar-refractivity contribution in [2.75, 3.05) is 39.0 Å². The summed E-state index contributed by atoms with van der Waals surface area (Å²) in [6.07, 6.45) is 2.77. The number of sulfone groups is 1. The lowest BCUT2D eigenvalue weighted by Crippen LogP contribution is -2.36. The van der Waals surface area contributed by atoms with E-state index in [4.69, 9.17) is 0 Å². The van der Waals surface area contributed by atoms with Crippen LogP contribution in [0.15, 0.2) is 83.8 Å². The van der Waals surface area contributed by atoms with Crippen LogP contribution in [0.3, 0.4) is 0 Å². The molecular formula is C28H34N2O4S. The number of hydrogen-bond donors (Lipinski definition) is 2. The molecule has 3 aromatic carbocycles. The maximum atomic E-state index is 11.8. The SMILES string of the molecule is CS(=O)(=O)c1ccc(CN2CCCN(CCC(O)(c3ccccc3)c3cccc(O)c3)CC2)cc1. The number of nitrogens with zero attached hydrogens (tertiary/aromatic N) is 2. The predicted octanol–water partition coefficient (Wildman–Crippen LogP) is 3.63. The third-order valence-electron chi connectivity index (χ3n) is 6.80. The van der Waals surface area contributed by atoms with Crippen molar-refractivity contribution in [1.29, 1.82) is 0 Å². The predicted molar refractivity (Wildman–Crippen MR) is 138 cm³/mol. The monoisotopic (exact) mass is 494 g/mol. The number of benzene rings is 3. The molecule has 1 saturated heterocycles. The van der Waals surface area contributed by atoms with Gasteiger partial charge in [0.05, 0.1) is 4.90 Å². The molecule has 0 aromatic heterocycles. The molecule has 1 unspecified atom stereocenters. The van der Waals surface area contributed by atoms with Crippen LogP contribution in [0.5, 0.6) is 5.75 Å². The van der Waals surface area contributed by atoms with Crippen LogP contribution >= 0.6 is 0 Å². The standard InChI is InChI=1S/C28H34N2O4S/c1-35(33,34)27-13-11-23(12-14-27)22-30-17-6-16-29(19-20-30)18-15-28(32,24-7-3-2-4-8-24)25-9-5-10-26(31)21-25/h2-5,7-14,21,31-32H,6,15-20,22H2,1H3. The lowest BCUT2D eigenvalue weighted by molar-refractivity contribution is 0.0575. The molecule has 1 fully saturated rings. The number of aromatic hydroxyl groups is 1. The minimum Gasteiger partial charge on any atom is -0.508 e. The van der Waals surface area contributed by atoms with E-state index < -0.39 is 15.4 Å². The topological polar surface area (TPSA) is 81.1 Å². The number of aliphatic hydroxyl groups is 1. The summed E-state index contributed by atoms with van der Waals surface area (Å²) in [5.41, 5.74) is 1.43. The lowest BCUT2D eigenvalue weighted by Gasteiger charge is -2.32. The average molecular weight is 495 g/mol. The molecule has 1 aliphatic rings. The largest absolute Gasteiger partial charge is 0.508 e. The number of phenols is 1. The van der Waals surface area contributed by atoms with E-state index in [2.05, 4.69) is 9.80 Å². The Morgan fingerprint density at radius 3 is 2.17 bits per heavy atom. The molecule has 2 N–H and O–H groups in total. The second-order valence-electron chi connectivity index (χ2n) is 9.41. The lowest BCUT2D eigenvalue weighted by atomic mass is 9.83. The zero-order valence-electron chi connectivity index (χ0n) is 20.2. The van der Waals surface area contributed by atoms with Crippen LogP contribution < -0.4 is 0 Å². The summed E-state index contributed by atoms with van der Waals surface area (Å²) in [5.74, 6) is 0.145. The first kappa shape index (κ1) is 25.4. The summed E-state index contributed by atoms with van der Waals surface area (Å²) < 4.78 is 23.4. The van der Waals surface area contributed by atoms with Gasteiger partial charge in [-0.3, -0.25) is 4.90 Å². The number of rotatable bonds is 8. The van der Waals surface area contributed by atoms with E-state index in [9.17, 15) is 18.6 Å². The van der Waals surface area contributed by atoms with E-state index in [1.807, 2.05) is 48.5 Å². The first-order valence-corrected chi connectivity index (χ1v) is 13.9. The minimum absolute atomic E-state index is 0.145. The minimum atomic E-state index is -3.18. The van der Waals surface area contributed by atoms with Gasteiger partial charge in [-0.2, -0.15) is 0 Å². The molecule has 1 heterocycles. The van der Waals surface area contributed by atoms with Gasteiger partial charge in [0.2, 0.25) is 0 Å². The summed E-state index contributed by atoms with van der Waals surface area (Å²) >= 11 is 0. The van der Waals surface area contributed by atoms with Gasteiger partial charge < -0.3 is 15.1 Å². The van der Waals surface area contributed by atoms with Crippen molar-refractivity contribution in [1.82, 2.24) is 9.80 Å². The maximum Gasteiger partial charge on any atom is 0.175 e. The van der Waals surface area contributed by atoms with Crippen molar-refractivity contribution in [3.63, 3.8) is 0 Å². The van der Waals surface area contributed by atoms with Crippen molar-refractivity contribution in [3.05, 3.63) is 95.6 Å². The third kappa shape index (κ3) is 6.49. The Morgan fingerprint density at radius 2 is 1.49 bits per heavy atom. The molecule has 0 radical (unpaired) electrons. The van der Waals surface area contributed by atoms with Crippen LogP contribution in [-0.2, 0) is 22.0 Å². The Hall–Kier alpha value is -2.71. The third-order valence-corrected chi connectivity index (χ3v) is 7.93. The van der Waals surface area contributed by atoms with E-state index in [1.165, 1.54) is 6.26 Å². The van der Waals surface area contributed by atoms with E-state index in [0.717, 1.165) is 56.8 Å². The first-order valence-electron chi connectivity index (χ1n) is 12.1. The van der Waals surface area contributed by atoms with Crippen molar-refractivity contribution in [3.8, 4) is 5.75 Å². The Morgan fingerprint density at radius 1 is 0.829 bits per heavy atom. The van der Waals surface area contributed by atoms with Gasteiger partial charge in [-0.05, 0) is 66.9 Å². The molecule has 6 nitrogen and oxygen atoms in total. The molecule has 186 valence electrons. The molecule has 1 atom stereocenters. The van der Waals surface area contributed by atoms with Crippen LogP contribution in [0, 0.1) is 0 Å². The summed E-state index contributed by atoms with van der Waals surface area (Å²) in [6, 6.07) is 23.7. The molecule has 4 rings (SSSR count). The highest BCUT2D eigenvalue weighted by molar-refractivity contribution is 7.90. The Kier molecular flexibility index (Phi) is 7.91. The molecule has 1 aliphatic heterocycles. The molecule has 7 heteroatoms. The van der Waals surface area contributed by atoms with E-state index in [-0.39, 0.29) is 5.75 Å². The van der Waals surface area contributed by atoms with Gasteiger partial charge in [-0.1, -0.05) is 54.6 Å². The molecule has 35 heavy (non-hydrogen) atoms. The summed E-state index contributed by atoms with van der Waals surface area (Å²) in [5, 5.41) is 21.8. The molecule has 0 aliphatic carbocycles.